The summed E-state index contributed by atoms with van der Waals surface area (Å²) in [5.74, 6) is -3.08. The van der Waals surface area contributed by atoms with Crippen molar-refractivity contribution in [2.75, 3.05) is 6.54 Å². The van der Waals surface area contributed by atoms with E-state index in [4.69, 9.17) is 46.4 Å². The Hall–Kier alpha value is -2.34. The molecule has 190 valence electrons. The summed E-state index contributed by atoms with van der Waals surface area (Å²) in [4.78, 5) is 23.4. The summed E-state index contributed by atoms with van der Waals surface area (Å²) in [6, 6.07) is 4.33. The van der Waals surface area contributed by atoms with Crippen molar-refractivity contribution in [3.63, 3.8) is 0 Å². The summed E-state index contributed by atoms with van der Waals surface area (Å²) in [6.45, 7) is -1.62. The first kappa shape index (κ1) is 28.9. The number of urea groups is 1. The Morgan fingerprint density at radius 1 is 0.886 bits per heavy atom. The van der Waals surface area contributed by atoms with Crippen LogP contribution in [0.3, 0.4) is 0 Å². The van der Waals surface area contributed by atoms with E-state index in [0.717, 1.165) is 30.4 Å². The van der Waals surface area contributed by atoms with Crippen LogP contribution >= 0.6 is 46.4 Å². The van der Waals surface area contributed by atoms with Crippen LogP contribution in [0.2, 0.25) is 20.1 Å². The summed E-state index contributed by atoms with van der Waals surface area (Å²) < 4.78 is 77.1. The first-order valence-electron chi connectivity index (χ1n) is 9.18. The van der Waals surface area contributed by atoms with Gasteiger partial charge in [0.2, 0.25) is 0 Å². The molecule has 3 N–H and O–H groups in total. The van der Waals surface area contributed by atoms with Crippen molar-refractivity contribution in [1.82, 2.24) is 16.2 Å². The van der Waals surface area contributed by atoms with Gasteiger partial charge in [-0.3, -0.25) is 10.2 Å². The predicted molar refractivity (Wildman–Crippen MR) is 121 cm³/mol. The lowest BCUT2D eigenvalue weighted by Crippen LogP contribution is -2.49. The van der Waals surface area contributed by atoms with Gasteiger partial charge in [-0.15, -0.1) is 0 Å². The Morgan fingerprint density at radius 3 is 2.00 bits per heavy atom. The molecule has 0 aliphatic rings. The summed E-state index contributed by atoms with van der Waals surface area (Å²) in [5.41, 5.74) is 3.27. The van der Waals surface area contributed by atoms with Crippen molar-refractivity contribution in [2.24, 2.45) is 0 Å². The summed E-state index contributed by atoms with van der Waals surface area (Å²) >= 11 is 23.5. The Labute approximate surface area is 214 Å². The highest BCUT2D eigenvalue weighted by atomic mass is 35.5. The maximum absolute atomic E-state index is 13.6. The summed E-state index contributed by atoms with van der Waals surface area (Å²) in [7, 11) is 0. The van der Waals surface area contributed by atoms with Crippen molar-refractivity contribution >= 4 is 64.4 Å². The van der Waals surface area contributed by atoms with Gasteiger partial charge in [-0.1, -0.05) is 64.6 Å². The predicted octanol–water partition coefficient (Wildman–Crippen LogP) is 7.17. The average molecular weight is 583 g/mol. The fourth-order valence-corrected chi connectivity index (χ4v) is 3.48. The SMILES string of the molecule is O=C(NCC(F)(F)F)NNC(=O)c1ccc(C=CC(c2cc(Cl)c(Cl)c(Cl)c2)C(F)(F)F)cc1Cl. The number of amides is 3. The minimum atomic E-state index is -4.71. The van der Waals surface area contributed by atoms with Gasteiger partial charge in [-0.05, 0) is 35.4 Å². The minimum Gasteiger partial charge on any atom is -0.328 e. The zero-order valence-electron chi connectivity index (χ0n) is 16.9. The number of carbonyl (C=O) groups excluding carboxylic acids is 2. The number of nitrogens with one attached hydrogen (secondary N) is 3. The van der Waals surface area contributed by atoms with Crippen LogP contribution in [-0.2, 0) is 0 Å². The van der Waals surface area contributed by atoms with Gasteiger partial charge in [0.05, 0.1) is 31.6 Å². The first-order chi connectivity index (χ1) is 16.1. The largest absolute Gasteiger partial charge is 0.405 e. The fourth-order valence-electron chi connectivity index (χ4n) is 2.60. The lowest BCUT2D eigenvalue weighted by molar-refractivity contribution is -0.139. The number of hydrogen-bond donors (Lipinski definition) is 3. The fraction of sp³-hybridized carbons (Fsp3) is 0.200. The topological polar surface area (TPSA) is 70.2 Å². The van der Waals surface area contributed by atoms with Crippen molar-refractivity contribution in [2.45, 2.75) is 18.3 Å². The summed E-state index contributed by atoms with van der Waals surface area (Å²) in [5, 5.41) is 0.862. The van der Waals surface area contributed by atoms with E-state index in [1.807, 2.05) is 5.43 Å². The molecule has 15 heteroatoms. The molecule has 1 atom stereocenters. The highest BCUT2D eigenvalue weighted by molar-refractivity contribution is 6.48. The van der Waals surface area contributed by atoms with E-state index in [2.05, 4.69) is 0 Å². The van der Waals surface area contributed by atoms with Gasteiger partial charge in [0.1, 0.15) is 6.54 Å². The molecule has 0 radical (unpaired) electrons. The van der Waals surface area contributed by atoms with E-state index < -0.39 is 36.8 Å². The maximum atomic E-state index is 13.6. The van der Waals surface area contributed by atoms with E-state index in [1.54, 1.807) is 5.43 Å². The molecule has 2 aromatic rings. The maximum Gasteiger partial charge on any atom is 0.405 e. The Balaban J connectivity index is 2.15. The molecule has 0 heterocycles. The van der Waals surface area contributed by atoms with Crippen LogP contribution in [0.5, 0.6) is 0 Å². The smallest absolute Gasteiger partial charge is 0.328 e. The Morgan fingerprint density at radius 2 is 1.49 bits per heavy atom. The molecule has 35 heavy (non-hydrogen) atoms. The van der Waals surface area contributed by atoms with Crippen molar-refractivity contribution in [1.29, 1.82) is 0 Å². The molecular formula is C20H13Cl4F6N3O2. The van der Waals surface area contributed by atoms with E-state index in [1.165, 1.54) is 17.4 Å². The van der Waals surface area contributed by atoms with Gasteiger partial charge in [0.15, 0.2) is 0 Å². The van der Waals surface area contributed by atoms with Gasteiger partial charge in [0, 0.05) is 0 Å². The van der Waals surface area contributed by atoms with E-state index in [9.17, 15) is 35.9 Å². The molecule has 0 fully saturated rings. The van der Waals surface area contributed by atoms with Crippen molar-refractivity contribution in [3.05, 3.63) is 73.2 Å². The monoisotopic (exact) mass is 581 g/mol. The molecule has 2 rings (SSSR count). The van der Waals surface area contributed by atoms with Crippen LogP contribution in [0, 0.1) is 0 Å². The van der Waals surface area contributed by atoms with E-state index in [0.29, 0.717) is 0 Å². The molecule has 2 aromatic carbocycles. The van der Waals surface area contributed by atoms with Crippen LogP contribution < -0.4 is 16.2 Å². The number of carbonyl (C=O) groups is 2. The first-order valence-corrected chi connectivity index (χ1v) is 10.7. The van der Waals surface area contributed by atoms with Gasteiger partial charge in [-0.25, -0.2) is 10.2 Å². The number of rotatable bonds is 5. The van der Waals surface area contributed by atoms with Crippen molar-refractivity contribution in [3.8, 4) is 0 Å². The van der Waals surface area contributed by atoms with E-state index >= 15 is 0 Å². The molecule has 0 aromatic heterocycles. The second-order valence-electron chi connectivity index (χ2n) is 6.79. The molecule has 0 aliphatic heterocycles. The van der Waals surface area contributed by atoms with E-state index in [-0.39, 0.29) is 36.8 Å². The third-order valence-electron chi connectivity index (χ3n) is 4.18. The van der Waals surface area contributed by atoms with Crippen LogP contribution in [0.25, 0.3) is 6.08 Å². The standard InChI is InChI=1S/C20H13Cl4F6N3O2/c21-13-5-9(1-3-11(13)17(34)32-33-18(35)31-8-19(25,26)27)2-4-12(20(28,29)30)10-6-14(22)16(24)15(23)7-10/h1-7,12H,8H2,(H,32,34)(H2,31,33,35). The third kappa shape index (κ3) is 8.68. The Kier molecular flexibility index (Phi) is 9.57. The zero-order chi connectivity index (χ0) is 26.6. The quantitative estimate of drug-likeness (QED) is 0.199. The van der Waals surface area contributed by atoms with Gasteiger partial charge in [0.25, 0.3) is 5.91 Å². The highest BCUT2D eigenvalue weighted by Gasteiger charge is 2.39. The van der Waals surface area contributed by atoms with Crippen molar-refractivity contribution < 1.29 is 35.9 Å². The van der Waals surface area contributed by atoms with Crippen LogP contribution in [0.4, 0.5) is 31.1 Å². The van der Waals surface area contributed by atoms with Crippen LogP contribution in [0.15, 0.2) is 36.4 Å². The molecule has 3 amide bonds. The summed E-state index contributed by atoms with van der Waals surface area (Å²) in [6.07, 6.45) is -7.43. The van der Waals surface area contributed by atoms with Crippen LogP contribution in [0.1, 0.15) is 27.4 Å². The molecule has 0 saturated heterocycles. The van der Waals surface area contributed by atoms with Crippen LogP contribution in [-0.4, -0.2) is 30.8 Å². The number of halogens is 10. The third-order valence-corrected chi connectivity index (χ3v) is 5.69. The second kappa shape index (κ2) is 11.6. The normalized spacial score (nSPS) is 13.0. The molecule has 5 nitrogen and oxygen atoms in total. The number of hydrazine groups is 1. The molecular weight excluding hydrogens is 570 g/mol. The van der Waals surface area contributed by atoms with Gasteiger partial charge in [-0.2, -0.15) is 26.3 Å². The second-order valence-corrected chi connectivity index (χ2v) is 8.39. The molecule has 0 spiro atoms. The van der Waals surface area contributed by atoms with Gasteiger partial charge >= 0.3 is 18.4 Å². The molecule has 0 aliphatic carbocycles. The lowest BCUT2D eigenvalue weighted by atomic mass is 9.97. The number of hydrogen-bond acceptors (Lipinski definition) is 2. The highest BCUT2D eigenvalue weighted by Crippen LogP contribution is 2.41. The molecule has 0 bridgehead atoms. The minimum absolute atomic E-state index is 0.0880. The van der Waals surface area contributed by atoms with Gasteiger partial charge < -0.3 is 5.32 Å². The molecule has 0 saturated carbocycles. The molecule has 1 unspecified atom stereocenters. The lowest BCUT2D eigenvalue weighted by Gasteiger charge is -2.18. The average Bonchev–Trinajstić information content (AvgIpc) is 2.73. The Bertz CT molecular complexity index is 1120. The number of allylic oxidation sites excluding steroid dienone is 1. The number of benzene rings is 2. The zero-order valence-corrected chi connectivity index (χ0v) is 19.9. The number of alkyl halides is 6.